The van der Waals surface area contributed by atoms with Gasteiger partial charge in [-0.2, -0.15) is 0 Å². The highest BCUT2D eigenvalue weighted by molar-refractivity contribution is 6.10. The van der Waals surface area contributed by atoms with Crippen LogP contribution in [0.2, 0.25) is 0 Å². The highest BCUT2D eigenvalue weighted by atomic mass is 16.5. The van der Waals surface area contributed by atoms with E-state index in [0.29, 0.717) is 29.1 Å². The molecule has 1 saturated heterocycles. The zero-order chi connectivity index (χ0) is 22.6. The number of ether oxygens (including phenoxy) is 1. The van der Waals surface area contributed by atoms with Crippen molar-refractivity contribution in [2.45, 2.75) is 25.8 Å². The van der Waals surface area contributed by atoms with Crippen LogP contribution < -0.4 is 20.7 Å². The average molecular weight is 424 g/mol. The van der Waals surface area contributed by atoms with Crippen LogP contribution in [0.3, 0.4) is 0 Å². The van der Waals surface area contributed by atoms with E-state index in [0.717, 1.165) is 4.90 Å². The van der Waals surface area contributed by atoms with Crippen molar-refractivity contribution in [3.05, 3.63) is 54.1 Å². The first-order valence-electron chi connectivity index (χ1n) is 9.75. The summed E-state index contributed by atoms with van der Waals surface area (Å²) in [6.45, 7) is 2.77. The van der Waals surface area contributed by atoms with Crippen LogP contribution in [0.5, 0.6) is 5.75 Å². The Balaban J connectivity index is 1.71. The molecule has 1 atom stereocenters. The van der Waals surface area contributed by atoms with Crippen molar-refractivity contribution in [3.63, 3.8) is 0 Å². The van der Waals surface area contributed by atoms with Crippen LogP contribution in [-0.4, -0.2) is 42.3 Å². The summed E-state index contributed by atoms with van der Waals surface area (Å²) in [7, 11) is 1.54. The van der Waals surface area contributed by atoms with E-state index in [-0.39, 0.29) is 5.91 Å². The number of anilines is 2. The molecule has 1 unspecified atom stereocenters. The number of benzene rings is 2. The average Bonchev–Trinajstić information content (AvgIpc) is 3.00. The normalized spacial score (nSPS) is 17.8. The highest BCUT2D eigenvalue weighted by Gasteiger charge is 2.51. The summed E-state index contributed by atoms with van der Waals surface area (Å²) >= 11 is 0. The molecule has 3 rings (SSSR count). The molecule has 31 heavy (non-hydrogen) atoms. The largest absolute Gasteiger partial charge is 0.497 e. The first-order valence-corrected chi connectivity index (χ1v) is 9.75. The number of urea groups is 1. The first-order chi connectivity index (χ1) is 14.8. The lowest BCUT2D eigenvalue weighted by Crippen LogP contribution is -2.44. The van der Waals surface area contributed by atoms with E-state index in [1.807, 2.05) is 0 Å². The van der Waals surface area contributed by atoms with Crippen LogP contribution in [0.1, 0.15) is 25.8 Å². The van der Waals surface area contributed by atoms with Crippen LogP contribution in [0.15, 0.2) is 48.5 Å². The second-order valence-electron chi connectivity index (χ2n) is 7.12. The molecule has 0 bridgehead atoms. The first kappa shape index (κ1) is 21.8. The molecule has 0 aliphatic carbocycles. The molecule has 2 aromatic rings. The molecule has 0 saturated carbocycles. The summed E-state index contributed by atoms with van der Waals surface area (Å²) in [5.74, 6) is -0.571. The van der Waals surface area contributed by atoms with Crippen molar-refractivity contribution in [2.75, 3.05) is 24.3 Å². The minimum atomic E-state index is -1.23. The van der Waals surface area contributed by atoms with E-state index in [1.54, 1.807) is 62.6 Å². The summed E-state index contributed by atoms with van der Waals surface area (Å²) in [5.41, 5.74) is 0.449. The Hall–Kier alpha value is -3.88. The van der Waals surface area contributed by atoms with Crippen molar-refractivity contribution < 1.29 is 23.9 Å². The van der Waals surface area contributed by atoms with Crippen molar-refractivity contribution in [1.82, 2.24) is 10.2 Å². The summed E-state index contributed by atoms with van der Waals surface area (Å²) in [6.07, 6.45) is 0.326. The predicted molar refractivity (Wildman–Crippen MR) is 115 cm³/mol. The molecule has 5 amide bonds. The fraction of sp³-hybridized carbons (Fsp3) is 0.273. The quantitative estimate of drug-likeness (QED) is 0.591. The zero-order valence-electron chi connectivity index (χ0n) is 17.5. The predicted octanol–water partition coefficient (Wildman–Crippen LogP) is 2.45. The van der Waals surface area contributed by atoms with Gasteiger partial charge in [0.2, 0.25) is 11.8 Å². The Morgan fingerprint density at radius 1 is 1.00 bits per heavy atom. The minimum absolute atomic E-state index is 0.202. The summed E-state index contributed by atoms with van der Waals surface area (Å²) in [5, 5.41) is 8.02. The molecular weight excluding hydrogens is 400 g/mol. The molecule has 1 aliphatic heterocycles. The molecule has 2 aromatic carbocycles. The van der Waals surface area contributed by atoms with Crippen molar-refractivity contribution in [1.29, 1.82) is 0 Å². The molecule has 9 heteroatoms. The van der Waals surface area contributed by atoms with Gasteiger partial charge < -0.3 is 20.7 Å². The van der Waals surface area contributed by atoms with Gasteiger partial charge >= 0.3 is 6.03 Å². The number of nitrogens with one attached hydrogen (secondary N) is 3. The molecule has 0 radical (unpaired) electrons. The number of hydrogen-bond donors (Lipinski definition) is 3. The lowest BCUT2D eigenvalue weighted by Gasteiger charge is -2.26. The van der Waals surface area contributed by atoms with Crippen LogP contribution >= 0.6 is 0 Å². The van der Waals surface area contributed by atoms with Gasteiger partial charge in [0.15, 0.2) is 0 Å². The van der Waals surface area contributed by atoms with Gasteiger partial charge in [-0.25, -0.2) is 4.79 Å². The maximum Gasteiger partial charge on any atom is 0.325 e. The molecule has 162 valence electrons. The Labute approximate surface area is 179 Å². The number of carbonyl (C=O) groups is 4. The number of amides is 5. The van der Waals surface area contributed by atoms with Crippen LogP contribution in [-0.2, 0) is 19.9 Å². The Morgan fingerprint density at radius 2 is 1.58 bits per heavy atom. The zero-order valence-corrected chi connectivity index (χ0v) is 17.5. The molecule has 9 nitrogen and oxygen atoms in total. The van der Waals surface area contributed by atoms with Gasteiger partial charge in [-0.1, -0.05) is 19.1 Å². The molecule has 1 fully saturated rings. The molecular formula is C22H24N4O5. The van der Waals surface area contributed by atoms with Gasteiger partial charge in [-0.3, -0.25) is 19.3 Å². The third-order valence-corrected chi connectivity index (χ3v) is 5.08. The van der Waals surface area contributed by atoms with Crippen LogP contribution in [0, 0.1) is 0 Å². The molecule has 1 heterocycles. The maximum absolute atomic E-state index is 13.2. The van der Waals surface area contributed by atoms with E-state index in [9.17, 15) is 19.2 Å². The third kappa shape index (κ3) is 4.50. The number of carbonyl (C=O) groups excluding carboxylic acids is 4. The van der Waals surface area contributed by atoms with Gasteiger partial charge in [0.1, 0.15) is 17.8 Å². The highest BCUT2D eigenvalue weighted by Crippen LogP contribution is 2.33. The minimum Gasteiger partial charge on any atom is -0.497 e. The maximum atomic E-state index is 13.2. The van der Waals surface area contributed by atoms with E-state index >= 15 is 0 Å². The second kappa shape index (κ2) is 8.86. The smallest absolute Gasteiger partial charge is 0.325 e. The van der Waals surface area contributed by atoms with E-state index in [1.165, 1.54) is 6.92 Å². The van der Waals surface area contributed by atoms with Crippen molar-refractivity contribution in [2.24, 2.45) is 0 Å². The number of hydrogen-bond acceptors (Lipinski definition) is 5. The Morgan fingerprint density at radius 3 is 2.10 bits per heavy atom. The monoisotopic (exact) mass is 424 g/mol. The third-order valence-electron chi connectivity index (χ3n) is 5.08. The fourth-order valence-electron chi connectivity index (χ4n) is 3.47. The molecule has 3 N–H and O–H groups in total. The number of rotatable bonds is 7. The Bertz CT molecular complexity index is 1000. The van der Waals surface area contributed by atoms with Crippen LogP contribution in [0.4, 0.5) is 16.2 Å². The molecule has 0 aromatic heterocycles. The van der Waals surface area contributed by atoms with Crippen LogP contribution in [0.25, 0.3) is 0 Å². The SMILES string of the molecule is CCC1(c2ccc(OC)cc2)NC(=O)N(CC(=O)Nc2ccc(NC(C)=O)cc2)C1=O. The van der Waals surface area contributed by atoms with Gasteiger partial charge in [0.25, 0.3) is 5.91 Å². The van der Waals surface area contributed by atoms with Gasteiger partial charge in [-0.15, -0.1) is 0 Å². The van der Waals surface area contributed by atoms with E-state index in [2.05, 4.69) is 16.0 Å². The summed E-state index contributed by atoms with van der Waals surface area (Å²) in [6, 6.07) is 12.7. The number of nitrogens with zero attached hydrogens (tertiary/aromatic N) is 1. The van der Waals surface area contributed by atoms with Crippen molar-refractivity contribution >= 4 is 35.1 Å². The summed E-state index contributed by atoms with van der Waals surface area (Å²) < 4.78 is 5.15. The molecule has 1 aliphatic rings. The number of imide groups is 1. The Kier molecular flexibility index (Phi) is 6.24. The summed E-state index contributed by atoms with van der Waals surface area (Å²) in [4.78, 5) is 50.2. The van der Waals surface area contributed by atoms with Gasteiger partial charge in [-0.05, 0) is 48.4 Å². The van der Waals surface area contributed by atoms with E-state index < -0.39 is 29.9 Å². The topological polar surface area (TPSA) is 117 Å². The standard InChI is InChI=1S/C22H24N4O5/c1-4-22(15-5-11-18(31-3)12-6-15)20(29)26(21(30)25-22)13-19(28)24-17-9-7-16(8-10-17)23-14(2)27/h5-12H,4,13H2,1-3H3,(H,23,27)(H,24,28)(H,25,30). The number of methoxy groups -OCH3 is 1. The van der Waals surface area contributed by atoms with Crippen molar-refractivity contribution in [3.8, 4) is 5.75 Å². The lowest BCUT2D eigenvalue weighted by molar-refractivity contribution is -0.134. The van der Waals surface area contributed by atoms with Gasteiger partial charge in [0, 0.05) is 18.3 Å². The second-order valence-corrected chi connectivity index (χ2v) is 7.12. The van der Waals surface area contributed by atoms with E-state index in [4.69, 9.17) is 4.74 Å². The fourth-order valence-corrected chi connectivity index (χ4v) is 3.47. The lowest BCUT2D eigenvalue weighted by atomic mass is 9.87. The van der Waals surface area contributed by atoms with Gasteiger partial charge in [0.05, 0.1) is 7.11 Å². The molecule has 0 spiro atoms.